The number of aliphatic hydroxyl groups is 2. The first kappa shape index (κ1) is 27.5. The van der Waals surface area contributed by atoms with Gasteiger partial charge in [0.15, 0.2) is 0 Å². The number of hydrogen-bond donors (Lipinski definition) is 5. The molecule has 0 aromatic carbocycles. The minimum Gasteiger partial charge on any atom is -0.387 e. The number of aliphatic hydroxyl groups excluding tert-OH is 2. The fourth-order valence-corrected chi connectivity index (χ4v) is 4.54. The number of fused-ring (bicyclic) bond motifs is 1. The largest absolute Gasteiger partial charge is 0.387 e. The number of nitrogens with zero attached hydrogens (tertiary/aromatic N) is 3. The van der Waals surface area contributed by atoms with Gasteiger partial charge in [-0.05, 0) is 20.3 Å². The molecule has 7 N–H and O–H groups in total. The molecule has 5 atom stereocenters. The maximum atomic E-state index is 12.1. The third-order valence-corrected chi connectivity index (χ3v) is 6.46. The Hall–Kier alpha value is -2.10. The molecule has 0 bridgehead atoms. The number of primary amides is 1. The van der Waals surface area contributed by atoms with Gasteiger partial charge in [0.25, 0.3) is 5.91 Å². The zero-order valence-electron chi connectivity index (χ0n) is 19.4. The molecule has 1 aliphatic rings. The molecule has 0 saturated carbocycles. The summed E-state index contributed by atoms with van der Waals surface area (Å²) in [4.78, 5) is 30.1. The fraction of sp³-hybridized carbons (Fsp3) is 0.632. The molecule has 3 heterocycles. The standard InChI is InChI=1S/C19H29BN5O9P/c1-3-31-5-4-6-33-35(29,30)9-32-8-12-14(26)15(27)19(20,34-12)25-7-11(17(22)28)13-16(21)23-10(2)24-18(13)25/h7,12,14-15,26-27H,3-6,8-9H2,1-2H3,(H2,22,28)(H,29,30)(H2,21,23,24). The molecule has 0 spiro atoms. The van der Waals surface area contributed by atoms with Gasteiger partial charge >= 0.3 is 7.60 Å². The summed E-state index contributed by atoms with van der Waals surface area (Å²) in [6, 6.07) is 0. The van der Waals surface area contributed by atoms with Crippen molar-refractivity contribution in [3.05, 3.63) is 17.6 Å². The van der Waals surface area contributed by atoms with E-state index in [0.29, 0.717) is 19.6 Å². The van der Waals surface area contributed by atoms with Crippen molar-refractivity contribution in [3.8, 4) is 0 Å². The molecular weight excluding hydrogens is 484 g/mol. The molecule has 2 aromatic rings. The first-order chi connectivity index (χ1) is 16.4. The quantitative estimate of drug-likeness (QED) is 0.130. The van der Waals surface area contributed by atoms with Crippen LogP contribution in [0.4, 0.5) is 5.82 Å². The van der Waals surface area contributed by atoms with E-state index < -0.39 is 50.4 Å². The van der Waals surface area contributed by atoms with Gasteiger partial charge in [-0.15, -0.1) is 0 Å². The van der Waals surface area contributed by atoms with Gasteiger partial charge in [0.05, 0.1) is 24.2 Å². The second-order valence-corrected chi connectivity index (χ2v) is 9.79. The number of nitrogens with two attached hydrogens (primary N) is 2. The Kier molecular flexibility index (Phi) is 8.55. The predicted octanol–water partition coefficient (Wildman–Crippen LogP) is -1.08. The monoisotopic (exact) mass is 513 g/mol. The van der Waals surface area contributed by atoms with Crippen LogP contribution in [0.5, 0.6) is 0 Å². The highest BCUT2D eigenvalue weighted by atomic mass is 31.2. The summed E-state index contributed by atoms with van der Waals surface area (Å²) < 4.78 is 34.3. The molecule has 2 radical (unpaired) electrons. The number of anilines is 1. The second kappa shape index (κ2) is 10.9. The molecule has 5 unspecified atom stereocenters. The molecule has 16 heteroatoms. The zero-order chi connectivity index (χ0) is 26.0. The van der Waals surface area contributed by atoms with Crippen molar-refractivity contribution >= 4 is 38.2 Å². The van der Waals surface area contributed by atoms with Gasteiger partial charge in [0.1, 0.15) is 55.4 Å². The van der Waals surface area contributed by atoms with Gasteiger partial charge in [0.2, 0.25) is 0 Å². The van der Waals surface area contributed by atoms with E-state index >= 15 is 0 Å². The number of amides is 1. The highest BCUT2D eigenvalue weighted by Gasteiger charge is 2.52. The van der Waals surface area contributed by atoms with Crippen LogP contribution in [0, 0.1) is 6.92 Å². The molecular formula is C19H29BN5O9P. The highest BCUT2D eigenvalue weighted by molar-refractivity contribution is 7.52. The Morgan fingerprint density at radius 2 is 2.06 bits per heavy atom. The summed E-state index contributed by atoms with van der Waals surface area (Å²) >= 11 is 0. The van der Waals surface area contributed by atoms with E-state index in [9.17, 15) is 24.5 Å². The Bertz CT molecular complexity index is 1120. The third kappa shape index (κ3) is 5.84. The number of nitrogen functional groups attached to an aromatic ring is 1. The van der Waals surface area contributed by atoms with Crippen LogP contribution in [0.1, 0.15) is 29.5 Å². The Morgan fingerprint density at radius 1 is 1.34 bits per heavy atom. The molecule has 3 rings (SSSR count). The van der Waals surface area contributed by atoms with Crippen LogP contribution in [-0.4, -0.2) is 94.5 Å². The summed E-state index contributed by atoms with van der Waals surface area (Å²) in [7, 11) is 2.26. The van der Waals surface area contributed by atoms with E-state index in [1.807, 2.05) is 6.92 Å². The Morgan fingerprint density at radius 3 is 2.71 bits per heavy atom. The number of carbonyl (C=O) groups is 1. The van der Waals surface area contributed by atoms with Gasteiger partial charge < -0.3 is 49.9 Å². The molecule has 14 nitrogen and oxygen atoms in total. The predicted molar refractivity (Wildman–Crippen MR) is 124 cm³/mol. The molecule has 0 aliphatic carbocycles. The SMILES string of the molecule is [B]C1(n2cc(C(N)=O)c3c(N)nc(C)nc32)OC(COCP(=O)(O)OCCCOCC)C(O)C1O. The average molecular weight is 513 g/mol. The summed E-state index contributed by atoms with van der Waals surface area (Å²) in [5.74, 6) is -0.622. The maximum absolute atomic E-state index is 12.1. The van der Waals surface area contributed by atoms with E-state index in [4.69, 9.17) is 38.0 Å². The van der Waals surface area contributed by atoms with Crippen LogP contribution < -0.4 is 11.5 Å². The lowest BCUT2D eigenvalue weighted by molar-refractivity contribution is -0.0904. The number of aryl methyl sites for hydroxylation is 1. The minimum absolute atomic E-state index is 0.00236. The molecule has 1 amide bonds. The van der Waals surface area contributed by atoms with E-state index in [-0.39, 0.29) is 34.8 Å². The van der Waals surface area contributed by atoms with Crippen molar-refractivity contribution in [3.63, 3.8) is 0 Å². The van der Waals surface area contributed by atoms with Gasteiger partial charge in [-0.2, -0.15) is 0 Å². The van der Waals surface area contributed by atoms with E-state index in [0.717, 1.165) is 4.57 Å². The van der Waals surface area contributed by atoms with Gasteiger partial charge in [-0.3, -0.25) is 9.36 Å². The van der Waals surface area contributed by atoms with Crippen molar-refractivity contribution in [1.82, 2.24) is 14.5 Å². The lowest BCUT2D eigenvalue weighted by Gasteiger charge is -2.31. The van der Waals surface area contributed by atoms with Crippen molar-refractivity contribution in [1.29, 1.82) is 0 Å². The maximum Gasteiger partial charge on any atom is 0.353 e. The van der Waals surface area contributed by atoms with Crippen LogP contribution in [0.2, 0.25) is 0 Å². The van der Waals surface area contributed by atoms with E-state index in [1.165, 1.54) is 6.20 Å². The smallest absolute Gasteiger partial charge is 0.353 e. The molecule has 1 saturated heterocycles. The lowest BCUT2D eigenvalue weighted by Crippen LogP contribution is -2.46. The van der Waals surface area contributed by atoms with Crippen molar-refractivity contribution in [2.45, 2.75) is 44.2 Å². The first-order valence-corrected chi connectivity index (χ1v) is 12.6. The Labute approximate surface area is 202 Å². The topological polar surface area (TPSA) is 214 Å². The van der Waals surface area contributed by atoms with Crippen LogP contribution in [-0.2, 0) is 28.9 Å². The van der Waals surface area contributed by atoms with Gasteiger partial charge in [-0.25, -0.2) is 9.97 Å². The molecule has 1 aliphatic heterocycles. The number of carbonyl (C=O) groups excluding carboxylic acids is 1. The fourth-order valence-electron chi connectivity index (χ4n) is 3.72. The van der Waals surface area contributed by atoms with E-state index in [2.05, 4.69) is 9.97 Å². The summed E-state index contributed by atoms with van der Waals surface area (Å²) in [5, 5.41) is 21.4. The molecule has 35 heavy (non-hydrogen) atoms. The lowest BCUT2D eigenvalue weighted by atomic mass is 9.84. The summed E-state index contributed by atoms with van der Waals surface area (Å²) in [5.41, 5.74) is 9.29. The third-order valence-electron chi connectivity index (χ3n) is 5.36. The number of aromatic nitrogens is 3. The molecule has 192 valence electrons. The molecule has 1 fully saturated rings. The van der Waals surface area contributed by atoms with Crippen LogP contribution in [0.3, 0.4) is 0 Å². The number of ether oxygens (including phenoxy) is 3. The highest BCUT2D eigenvalue weighted by Crippen LogP contribution is 2.42. The van der Waals surface area contributed by atoms with Crippen molar-refractivity contribution < 1.29 is 43.2 Å². The number of rotatable bonds is 12. The summed E-state index contributed by atoms with van der Waals surface area (Å²) in [6.07, 6.45) is -3.52. The zero-order valence-corrected chi connectivity index (χ0v) is 20.3. The second-order valence-electron chi connectivity index (χ2n) is 8.00. The first-order valence-electron chi connectivity index (χ1n) is 10.8. The van der Waals surface area contributed by atoms with Crippen molar-refractivity contribution in [2.24, 2.45) is 5.73 Å². The van der Waals surface area contributed by atoms with Crippen LogP contribution in [0.15, 0.2) is 6.20 Å². The number of hydrogen-bond acceptors (Lipinski definition) is 11. The average Bonchev–Trinajstić information content (AvgIpc) is 3.26. The van der Waals surface area contributed by atoms with E-state index in [1.54, 1.807) is 6.92 Å². The van der Waals surface area contributed by atoms with Crippen molar-refractivity contribution in [2.75, 3.05) is 38.5 Å². The van der Waals surface area contributed by atoms with Gasteiger partial charge in [0, 0.05) is 19.4 Å². The normalized spacial score (nSPS) is 26.3. The summed E-state index contributed by atoms with van der Waals surface area (Å²) in [6.45, 7) is 3.90. The Balaban J connectivity index is 1.74. The van der Waals surface area contributed by atoms with Crippen LogP contribution in [0.25, 0.3) is 11.0 Å². The van der Waals surface area contributed by atoms with Crippen LogP contribution >= 0.6 is 7.60 Å². The minimum atomic E-state index is -4.07. The molecule has 2 aromatic heterocycles. The van der Waals surface area contributed by atoms with Gasteiger partial charge in [-0.1, -0.05) is 0 Å².